The van der Waals surface area contributed by atoms with Gasteiger partial charge in [0.1, 0.15) is 6.54 Å². The van der Waals surface area contributed by atoms with E-state index in [0.717, 1.165) is 36.3 Å². The molecule has 1 aliphatic rings. The molecule has 40 heavy (non-hydrogen) atoms. The molecule has 3 aromatic carbocycles. The molecule has 0 bridgehead atoms. The van der Waals surface area contributed by atoms with E-state index in [1.54, 1.807) is 16.2 Å². The van der Waals surface area contributed by atoms with E-state index in [9.17, 15) is 9.59 Å². The third kappa shape index (κ3) is 7.26. The van der Waals surface area contributed by atoms with Crippen LogP contribution in [0.15, 0.2) is 96.4 Å². The van der Waals surface area contributed by atoms with Gasteiger partial charge in [0.05, 0.1) is 6.54 Å². The topological polar surface area (TPSA) is 43.9 Å². The Labute approximate surface area is 241 Å². The summed E-state index contributed by atoms with van der Waals surface area (Å²) in [4.78, 5) is 34.9. The molecule has 0 aliphatic carbocycles. The number of benzene rings is 3. The van der Waals surface area contributed by atoms with Crippen LogP contribution in [0.1, 0.15) is 39.2 Å². The molecular weight excluding hydrogens is 514 g/mol. The van der Waals surface area contributed by atoms with E-state index in [4.69, 9.17) is 0 Å². The lowest BCUT2D eigenvalue weighted by Crippen LogP contribution is -2.45. The second-order valence-electron chi connectivity index (χ2n) is 10.5. The number of rotatable bonds is 11. The van der Waals surface area contributed by atoms with Crippen LogP contribution in [0.5, 0.6) is 0 Å². The Morgan fingerprint density at radius 2 is 1.43 bits per heavy atom. The molecule has 1 fully saturated rings. The molecule has 0 unspecified atom stereocenters. The Balaban J connectivity index is 1.35. The molecule has 1 saturated heterocycles. The van der Waals surface area contributed by atoms with Crippen LogP contribution in [0.3, 0.4) is 0 Å². The minimum atomic E-state index is -0.0980. The molecule has 2 amide bonds. The van der Waals surface area contributed by atoms with Gasteiger partial charge in [-0.15, -0.1) is 11.3 Å². The fraction of sp³-hybridized carbons (Fsp3) is 0.294. The fourth-order valence-electron chi connectivity index (χ4n) is 5.18. The van der Waals surface area contributed by atoms with Gasteiger partial charge in [-0.05, 0) is 78.7 Å². The first-order chi connectivity index (χ1) is 19.6. The molecule has 0 spiro atoms. The number of carbonyl (C=O) groups excluding carboxylic acids is 2. The molecule has 1 aliphatic heterocycles. The number of carbonyl (C=O) groups is 2. The lowest BCUT2D eigenvalue weighted by atomic mass is 10.0. The van der Waals surface area contributed by atoms with Crippen LogP contribution in [-0.2, 0) is 17.9 Å². The first-order valence-corrected chi connectivity index (χ1v) is 15.0. The van der Waals surface area contributed by atoms with E-state index in [1.165, 1.54) is 23.3 Å². The van der Waals surface area contributed by atoms with Crippen LogP contribution in [0.2, 0.25) is 0 Å². The maximum atomic E-state index is 13.9. The summed E-state index contributed by atoms with van der Waals surface area (Å²) in [6.07, 6.45) is 2.39. The zero-order valence-corrected chi connectivity index (χ0v) is 24.0. The fourth-order valence-corrected chi connectivity index (χ4v) is 6.10. The summed E-state index contributed by atoms with van der Waals surface area (Å²) in [6.45, 7) is 6.62. The maximum Gasteiger partial charge on any atom is 0.254 e. The van der Waals surface area contributed by atoms with E-state index >= 15 is 0 Å². The lowest BCUT2D eigenvalue weighted by molar-refractivity contribution is -0.133. The summed E-state index contributed by atoms with van der Waals surface area (Å²) in [5.41, 5.74) is 5.06. The van der Waals surface area contributed by atoms with Crippen molar-refractivity contribution in [3.8, 4) is 11.1 Å². The summed E-state index contributed by atoms with van der Waals surface area (Å²) in [7, 11) is 0. The molecule has 5 nitrogen and oxygen atoms in total. The van der Waals surface area contributed by atoms with Gasteiger partial charge in [0, 0.05) is 30.1 Å². The van der Waals surface area contributed by atoms with E-state index in [0.29, 0.717) is 25.2 Å². The van der Waals surface area contributed by atoms with Crippen molar-refractivity contribution in [1.29, 1.82) is 0 Å². The third-order valence-electron chi connectivity index (χ3n) is 7.61. The zero-order chi connectivity index (χ0) is 27.7. The van der Waals surface area contributed by atoms with Crippen LogP contribution in [-0.4, -0.2) is 59.2 Å². The van der Waals surface area contributed by atoms with Crippen molar-refractivity contribution >= 4 is 23.2 Å². The molecular formula is C34H37N3O2S. The standard InChI is InChI=1S/C34H37N3O2S/c1-27-18-23-40-32(27)25-37(24-28-10-4-2-5-11-28)33(38)26-36(22-21-35-19-8-9-20-35)34(39)31-16-14-30(15-17-31)29-12-6-3-7-13-29/h2-7,10-18,23H,8-9,19-22,24-26H2,1H3. The lowest BCUT2D eigenvalue weighted by Gasteiger charge is -2.29. The van der Waals surface area contributed by atoms with E-state index < -0.39 is 0 Å². The number of likely N-dealkylation sites (tertiary alicyclic amines) is 1. The summed E-state index contributed by atoms with van der Waals surface area (Å²) in [5.74, 6) is -0.133. The highest BCUT2D eigenvalue weighted by Gasteiger charge is 2.24. The predicted molar refractivity (Wildman–Crippen MR) is 163 cm³/mol. The highest BCUT2D eigenvalue weighted by atomic mass is 32.1. The highest BCUT2D eigenvalue weighted by molar-refractivity contribution is 7.10. The second kappa shape index (κ2) is 13.6. The quantitative estimate of drug-likeness (QED) is 0.214. The average Bonchev–Trinajstić information content (AvgIpc) is 3.67. The Hall–Kier alpha value is -3.74. The van der Waals surface area contributed by atoms with Gasteiger partial charge in [-0.1, -0.05) is 72.8 Å². The van der Waals surface area contributed by atoms with Crippen molar-refractivity contribution in [2.24, 2.45) is 0 Å². The highest BCUT2D eigenvalue weighted by Crippen LogP contribution is 2.22. The first kappa shape index (κ1) is 27.8. The maximum absolute atomic E-state index is 13.9. The van der Waals surface area contributed by atoms with Gasteiger partial charge in [-0.3, -0.25) is 9.59 Å². The Kier molecular flexibility index (Phi) is 9.42. The SMILES string of the molecule is Cc1ccsc1CN(Cc1ccccc1)C(=O)CN(CCN1CCCC1)C(=O)c1ccc(-c2ccccc2)cc1. The van der Waals surface area contributed by atoms with Crippen LogP contribution >= 0.6 is 11.3 Å². The smallest absolute Gasteiger partial charge is 0.254 e. The van der Waals surface area contributed by atoms with Crippen LogP contribution < -0.4 is 0 Å². The number of nitrogens with zero attached hydrogens (tertiary/aromatic N) is 3. The van der Waals surface area contributed by atoms with Crippen molar-refractivity contribution in [3.05, 3.63) is 118 Å². The number of hydrogen-bond acceptors (Lipinski definition) is 4. The second-order valence-corrected chi connectivity index (χ2v) is 11.5. The van der Waals surface area contributed by atoms with Gasteiger partial charge in [0.2, 0.25) is 5.91 Å². The first-order valence-electron chi connectivity index (χ1n) is 14.1. The van der Waals surface area contributed by atoms with Gasteiger partial charge < -0.3 is 14.7 Å². The van der Waals surface area contributed by atoms with Crippen molar-refractivity contribution < 1.29 is 9.59 Å². The van der Waals surface area contributed by atoms with E-state index in [1.807, 2.05) is 77.7 Å². The average molecular weight is 552 g/mol. The molecule has 4 aromatic rings. The van der Waals surface area contributed by atoms with E-state index in [-0.39, 0.29) is 18.4 Å². The Bertz CT molecular complexity index is 1380. The molecule has 2 heterocycles. The molecule has 0 saturated carbocycles. The molecule has 0 N–H and O–H groups in total. The molecule has 1 aromatic heterocycles. The van der Waals surface area contributed by atoms with E-state index in [2.05, 4.69) is 35.4 Å². The molecule has 0 atom stereocenters. The third-order valence-corrected chi connectivity index (χ3v) is 8.62. The largest absolute Gasteiger partial charge is 0.332 e. The number of amides is 2. The van der Waals surface area contributed by atoms with Gasteiger partial charge in [-0.25, -0.2) is 0 Å². The minimum absolute atomic E-state index is 0.0349. The monoisotopic (exact) mass is 551 g/mol. The summed E-state index contributed by atoms with van der Waals surface area (Å²) >= 11 is 1.67. The minimum Gasteiger partial charge on any atom is -0.332 e. The molecule has 6 heteroatoms. The van der Waals surface area contributed by atoms with Gasteiger partial charge in [0.15, 0.2) is 0 Å². The van der Waals surface area contributed by atoms with Crippen LogP contribution in [0.25, 0.3) is 11.1 Å². The summed E-state index contributed by atoms with van der Waals surface area (Å²) in [5, 5.41) is 2.07. The number of hydrogen-bond donors (Lipinski definition) is 0. The van der Waals surface area contributed by atoms with Gasteiger partial charge in [0.25, 0.3) is 5.91 Å². The Morgan fingerprint density at radius 3 is 2.08 bits per heavy atom. The summed E-state index contributed by atoms with van der Waals surface area (Å²) < 4.78 is 0. The van der Waals surface area contributed by atoms with Gasteiger partial charge >= 0.3 is 0 Å². The Morgan fingerprint density at radius 1 is 0.775 bits per heavy atom. The normalized spacial score (nSPS) is 13.3. The van der Waals surface area contributed by atoms with Crippen molar-refractivity contribution in [3.63, 3.8) is 0 Å². The number of thiophene rings is 1. The van der Waals surface area contributed by atoms with Crippen molar-refractivity contribution in [2.75, 3.05) is 32.7 Å². The van der Waals surface area contributed by atoms with Crippen molar-refractivity contribution in [2.45, 2.75) is 32.9 Å². The zero-order valence-electron chi connectivity index (χ0n) is 23.2. The van der Waals surface area contributed by atoms with Crippen LogP contribution in [0, 0.1) is 6.92 Å². The molecule has 206 valence electrons. The molecule has 5 rings (SSSR count). The van der Waals surface area contributed by atoms with Crippen LogP contribution in [0.4, 0.5) is 0 Å². The molecule has 0 radical (unpaired) electrons. The van der Waals surface area contributed by atoms with Gasteiger partial charge in [-0.2, -0.15) is 0 Å². The number of aryl methyl sites for hydroxylation is 1. The van der Waals surface area contributed by atoms with Crippen molar-refractivity contribution in [1.82, 2.24) is 14.7 Å². The summed E-state index contributed by atoms with van der Waals surface area (Å²) in [6, 6.07) is 30.1. The predicted octanol–water partition coefficient (Wildman–Crippen LogP) is 6.49.